The minimum absolute atomic E-state index is 0.0429. The number of likely N-dealkylation sites (N-methyl/N-ethyl adjacent to an activating group) is 1. The van der Waals surface area contributed by atoms with Gasteiger partial charge in [-0.15, -0.1) is 0 Å². The minimum atomic E-state index is -0.970. The molecule has 0 saturated heterocycles. The maximum Gasteiger partial charge on any atom is 0.236 e. The number of hydrogen-bond donors (Lipinski definition) is 3. The number of nitrogens with zero attached hydrogens (tertiary/aromatic N) is 2. The fourth-order valence-corrected chi connectivity index (χ4v) is 2.50. The SMILES string of the molecule is CCCC(CCC)(C(=O)N(C)CC(C)O)C(N)=NO. The van der Waals surface area contributed by atoms with Gasteiger partial charge in [0.2, 0.25) is 5.91 Å². The van der Waals surface area contributed by atoms with E-state index in [1.165, 1.54) is 4.90 Å². The Kier molecular flexibility index (Phi) is 7.44. The summed E-state index contributed by atoms with van der Waals surface area (Å²) in [5.74, 6) is -0.244. The third-order valence-electron chi connectivity index (χ3n) is 3.25. The van der Waals surface area contributed by atoms with Gasteiger partial charge in [-0.1, -0.05) is 31.8 Å². The third-order valence-corrected chi connectivity index (χ3v) is 3.25. The molecule has 6 nitrogen and oxygen atoms in total. The highest BCUT2D eigenvalue weighted by atomic mass is 16.4. The van der Waals surface area contributed by atoms with Gasteiger partial charge in [-0.25, -0.2) is 0 Å². The summed E-state index contributed by atoms with van der Waals surface area (Å²) in [6, 6.07) is 0. The number of rotatable bonds is 8. The zero-order valence-corrected chi connectivity index (χ0v) is 12.4. The average Bonchev–Trinajstić information content (AvgIpc) is 2.35. The molecule has 0 aromatic rings. The molecule has 0 aliphatic carbocycles. The van der Waals surface area contributed by atoms with Crippen molar-refractivity contribution in [3.63, 3.8) is 0 Å². The van der Waals surface area contributed by atoms with Gasteiger partial charge in [0.15, 0.2) is 5.84 Å². The van der Waals surface area contributed by atoms with Crippen molar-refractivity contribution in [3.8, 4) is 0 Å². The number of oxime groups is 1. The second kappa shape index (κ2) is 7.99. The van der Waals surface area contributed by atoms with Crippen LogP contribution in [0.1, 0.15) is 46.5 Å². The highest BCUT2D eigenvalue weighted by Gasteiger charge is 2.43. The maximum atomic E-state index is 12.6. The lowest BCUT2D eigenvalue weighted by atomic mass is 9.76. The first-order valence-electron chi connectivity index (χ1n) is 6.77. The first-order chi connectivity index (χ1) is 8.85. The molecule has 0 fully saturated rings. The number of nitrogens with two attached hydrogens (primary N) is 1. The van der Waals surface area contributed by atoms with Crippen LogP contribution >= 0.6 is 0 Å². The van der Waals surface area contributed by atoms with E-state index in [1.54, 1.807) is 14.0 Å². The summed E-state index contributed by atoms with van der Waals surface area (Å²) in [6.07, 6.45) is 1.95. The van der Waals surface area contributed by atoms with Crippen LogP contribution in [0.2, 0.25) is 0 Å². The minimum Gasteiger partial charge on any atom is -0.409 e. The summed E-state index contributed by atoms with van der Waals surface area (Å²) in [7, 11) is 1.62. The molecule has 0 aliphatic heterocycles. The molecule has 1 atom stereocenters. The van der Waals surface area contributed by atoms with Gasteiger partial charge in [0.25, 0.3) is 0 Å². The Morgan fingerprint density at radius 2 is 1.84 bits per heavy atom. The van der Waals surface area contributed by atoms with Gasteiger partial charge in [0.05, 0.1) is 6.10 Å². The Bertz CT molecular complexity index is 310. The summed E-state index contributed by atoms with van der Waals surface area (Å²) in [5.41, 5.74) is 4.81. The predicted octanol–water partition coefficient (Wildman–Crippen LogP) is 1.16. The number of amidine groups is 1. The molecule has 4 N–H and O–H groups in total. The zero-order chi connectivity index (χ0) is 15.1. The molecule has 0 radical (unpaired) electrons. The van der Waals surface area contributed by atoms with Crippen LogP contribution in [0.15, 0.2) is 5.16 Å². The van der Waals surface area contributed by atoms with Gasteiger partial charge < -0.3 is 20.9 Å². The first-order valence-corrected chi connectivity index (χ1v) is 6.77. The van der Waals surface area contributed by atoms with E-state index in [0.717, 1.165) is 12.8 Å². The van der Waals surface area contributed by atoms with Crippen LogP contribution in [0, 0.1) is 5.41 Å². The van der Waals surface area contributed by atoms with E-state index in [2.05, 4.69) is 5.16 Å². The molecule has 112 valence electrons. The molecule has 0 bridgehead atoms. The molecular weight excluding hydrogens is 246 g/mol. The standard InChI is InChI=1S/C13H27N3O3/c1-5-7-13(8-6-2,11(14)15-19)12(18)16(4)9-10(3)17/h10,17,19H,5-9H2,1-4H3,(H2,14,15). The van der Waals surface area contributed by atoms with Crippen LogP contribution in [0.5, 0.6) is 0 Å². The molecule has 0 aromatic carbocycles. The molecule has 0 rings (SSSR count). The van der Waals surface area contributed by atoms with Crippen molar-refractivity contribution < 1.29 is 15.1 Å². The van der Waals surface area contributed by atoms with E-state index < -0.39 is 11.5 Å². The fourth-order valence-electron chi connectivity index (χ4n) is 2.50. The maximum absolute atomic E-state index is 12.6. The van der Waals surface area contributed by atoms with E-state index in [0.29, 0.717) is 12.8 Å². The zero-order valence-electron chi connectivity index (χ0n) is 12.4. The molecule has 19 heavy (non-hydrogen) atoms. The lowest BCUT2D eigenvalue weighted by molar-refractivity contribution is -0.139. The van der Waals surface area contributed by atoms with Gasteiger partial charge >= 0.3 is 0 Å². The molecule has 1 amide bonds. The van der Waals surface area contributed by atoms with Gasteiger partial charge in [-0.2, -0.15) is 0 Å². The largest absolute Gasteiger partial charge is 0.409 e. The number of carbonyl (C=O) groups excluding carboxylic acids is 1. The molecule has 0 saturated carbocycles. The van der Waals surface area contributed by atoms with Crippen molar-refractivity contribution in [2.75, 3.05) is 13.6 Å². The van der Waals surface area contributed by atoms with Crippen molar-refractivity contribution >= 4 is 11.7 Å². The van der Waals surface area contributed by atoms with Crippen LogP contribution in [-0.2, 0) is 4.79 Å². The molecule has 0 aromatic heterocycles. The van der Waals surface area contributed by atoms with Crippen molar-refractivity contribution in [1.29, 1.82) is 0 Å². The summed E-state index contributed by atoms with van der Waals surface area (Å²) < 4.78 is 0. The topological polar surface area (TPSA) is 99.2 Å². The number of aliphatic hydroxyl groups excluding tert-OH is 1. The van der Waals surface area contributed by atoms with Crippen LogP contribution < -0.4 is 5.73 Å². The highest BCUT2D eigenvalue weighted by Crippen LogP contribution is 2.32. The van der Waals surface area contributed by atoms with Gasteiger partial charge in [0.1, 0.15) is 5.41 Å². The van der Waals surface area contributed by atoms with Crippen LogP contribution in [-0.4, -0.2) is 46.7 Å². The number of amides is 1. The number of hydrogen-bond acceptors (Lipinski definition) is 4. The predicted molar refractivity (Wildman–Crippen MR) is 75.0 cm³/mol. The quantitative estimate of drug-likeness (QED) is 0.267. The van der Waals surface area contributed by atoms with E-state index in [4.69, 9.17) is 10.9 Å². The summed E-state index contributed by atoms with van der Waals surface area (Å²) in [5, 5.41) is 21.4. The Labute approximate surface area is 115 Å². The highest BCUT2D eigenvalue weighted by molar-refractivity contribution is 6.06. The average molecular weight is 273 g/mol. The molecule has 0 spiro atoms. The molecule has 0 heterocycles. The third kappa shape index (κ3) is 4.38. The molecule has 6 heteroatoms. The molecule has 1 unspecified atom stereocenters. The second-order valence-electron chi connectivity index (χ2n) is 5.10. The van der Waals surface area contributed by atoms with E-state index in [9.17, 15) is 9.90 Å². The Balaban J connectivity index is 5.36. The normalized spacial score (nSPS) is 14.3. The van der Waals surface area contributed by atoms with Crippen LogP contribution in [0.4, 0.5) is 0 Å². The summed E-state index contributed by atoms with van der Waals surface area (Å²) >= 11 is 0. The first kappa shape index (κ1) is 17.7. The lowest BCUT2D eigenvalue weighted by Gasteiger charge is -2.35. The van der Waals surface area contributed by atoms with E-state index >= 15 is 0 Å². The Morgan fingerprint density at radius 1 is 1.37 bits per heavy atom. The van der Waals surface area contributed by atoms with Gasteiger partial charge in [0, 0.05) is 13.6 Å². The Morgan fingerprint density at radius 3 is 2.16 bits per heavy atom. The fraction of sp³-hybridized carbons (Fsp3) is 0.846. The lowest BCUT2D eigenvalue weighted by Crippen LogP contribution is -2.51. The van der Waals surface area contributed by atoms with Crippen molar-refractivity contribution in [2.45, 2.75) is 52.6 Å². The van der Waals surface area contributed by atoms with E-state index in [-0.39, 0.29) is 18.3 Å². The van der Waals surface area contributed by atoms with Crippen molar-refractivity contribution in [2.24, 2.45) is 16.3 Å². The van der Waals surface area contributed by atoms with Gasteiger partial charge in [-0.3, -0.25) is 4.79 Å². The molecular formula is C13H27N3O3. The monoisotopic (exact) mass is 273 g/mol. The number of carbonyl (C=O) groups is 1. The molecule has 0 aliphatic rings. The van der Waals surface area contributed by atoms with E-state index in [1.807, 2.05) is 13.8 Å². The van der Waals surface area contributed by atoms with Crippen LogP contribution in [0.25, 0.3) is 0 Å². The second-order valence-corrected chi connectivity index (χ2v) is 5.10. The summed E-state index contributed by atoms with van der Waals surface area (Å²) in [4.78, 5) is 14.1. The van der Waals surface area contributed by atoms with Crippen molar-refractivity contribution in [1.82, 2.24) is 4.90 Å². The summed E-state index contributed by atoms with van der Waals surface area (Å²) in [6.45, 7) is 5.76. The smallest absolute Gasteiger partial charge is 0.236 e. The number of aliphatic hydroxyl groups is 1. The van der Waals surface area contributed by atoms with Gasteiger partial charge in [-0.05, 0) is 19.8 Å². The van der Waals surface area contributed by atoms with Crippen LogP contribution in [0.3, 0.4) is 0 Å². The van der Waals surface area contributed by atoms with Crippen molar-refractivity contribution in [3.05, 3.63) is 0 Å². The Hall–Kier alpha value is -1.30.